The van der Waals surface area contributed by atoms with E-state index >= 15 is 0 Å². The molecule has 0 fully saturated rings. The smallest absolute Gasteiger partial charge is 0.265 e. The minimum atomic E-state index is -0.754. The Labute approximate surface area is 148 Å². The molecule has 0 saturated carbocycles. The molecule has 2 aromatic carbocycles. The van der Waals surface area contributed by atoms with E-state index < -0.39 is 6.10 Å². The van der Waals surface area contributed by atoms with Crippen LogP contribution in [0, 0.1) is 6.92 Å². The molecule has 1 amide bonds. The zero-order valence-electron chi connectivity index (χ0n) is 13.0. The minimum Gasteiger partial charge on any atom is -0.479 e. The summed E-state index contributed by atoms with van der Waals surface area (Å²) in [6.07, 6.45) is -0.754. The largest absolute Gasteiger partial charge is 0.479 e. The SMILES string of the molecule is Cc1nc2cc(NC(=O)C(C)Oc3cccc(Cl)c3Cl)ccc2o1. The molecule has 0 aliphatic heterocycles. The minimum absolute atomic E-state index is 0.276. The normalized spacial score (nSPS) is 12.2. The van der Waals surface area contributed by atoms with Crippen molar-refractivity contribution in [2.75, 3.05) is 5.32 Å². The van der Waals surface area contributed by atoms with Crippen LogP contribution >= 0.6 is 23.2 Å². The van der Waals surface area contributed by atoms with Crippen LogP contribution in [0.1, 0.15) is 12.8 Å². The molecule has 0 saturated heterocycles. The Balaban J connectivity index is 1.71. The molecule has 0 bridgehead atoms. The van der Waals surface area contributed by atoms with Crippen molar-refractivity contribution in [1.82, 2.24) is 4.98 Å². The predicted molar refractivity (Wildman–Crippen MR) is 93.9 cm³/mol. The molecule has 3 rings (SSSR count). The van der Waals surface area contributed by atoms with Crippen LogP contribution in [-0.4, -0.2) is 17.0 Å². The van der Waals surface area contributed by atoms with Crippen molar-refractivity contribution in [3.8, 4) is 5.75 Å². The number of hydrogen-bond donors (Lipinski definition) is 1. The van der Waals surface area contributed by atoms with Crippen LogP contribution in [-0.2, 0) is 4.79 Å². The number of ether oxygens (including phenoxy) is 1. The highest BCUT2D eigenvalue weighted by atomic mass is 35.5. The highest BCUT2D eigenvalue weighted by Gasteiger charge is 2.17. The van der Waals surface area contributed by atoms with Gasteiger partial charge in [-0.1, -0.05) is 29.3 Å². The van der Waals surface area contributed by atoms with Crippen molar-refractivity contribution >= 4 is 45.9 Å². The quantitative estimate of drug-likeness (QED) is 0.718. The van der Waals surface area contributed by atoms with E-state index in [-0.39, 0.29) is 10.9 Å². The number of nitrogens with one attached hydrogen (secondary N) is 1. The molecule has 1 heterocycles. The van der Waals surface area contributed by atoms with Gasteiger partial charge >= 0.3 is 0 Å². The second kappa shape index (κ2) is 6.71. The first-order valence-corrected chi connectivity index (χ1v) is 7.98. The number of halogens is 2. The Morgan fingerprint density at radius 2 is 2.08 bits per heavy atom. The summed E-state index contributed by atoms with van der Waals surface area (Å²) < 4.78 is 11.0. The first-order valence-electron chi connectivity index (χ1n) is 7.23. The van der Waals surface area contributed by atoms with E-state index in [1.807, 2.05) is 0 Å². The Morgan fingerprint density at radius 1 is 1.29 bits per heavy atom. The molecule has 1 aromatic heterocycles. The van der Waals surface area contributed by atoms with Crippen LogP contribution in [0.15, 0.2) is 40.8 Å². The van der Waals surface area contributed by atoms with Gasteiger partial charge in [-0.25, -0.2) is 4.98 Å². The number of hydrogen-bond acceptors (Lipinski definition) is 4. The van der Waals surface area contributed by atoms with Gasteiger partial charge in [-0.15, -0.1) is 0 Å². The third-order valence-electron chi connectivity index (χ3n) is 3.35. The number of oxazole rings is 1. The van der Waals surface area contributed by atoms with Gasteiger partial charge in [0.15, 0.2) is 17.6 Å². The number of amides is 1. The lowest BCUT2D eigenvalue weighted by molar-refractivity contribution is -0.122. The second-order valence-electron chi connectivity index (χ2n) is 5.22. The number of carbonyl (C=O) groups excluding carboxylic acids is 1. The molecular formula is C17H14Cl2N2O3. The lowest BCUT2D eigenvalue weighted by Crippen LogP contribution is -2.30. The molecule has 0 spiro atoms. The Bertz CT molecular complexity index is 908. The standard InChI is InChI=1S/C17H14Cl2N2O3/c1-9(23-15-5-3-4-12(18)16(15)19)17(22)21-11-6-7-14-13(8-11)20-10(2)24-14/h3-9H,1-2H3,(H,21,22). The molecule has 0 aliphatic carbocycles. The zero-order chi connectivity index (χ0) is 17.3. The fraction of sp³-hybridized carbons (Fsp3) is 0.176. The fourth-order valence-corrected chi connectivity index (χ4v) is 2.52. The van der Waals surface area contributed by atoms with Crippen molar-refractivity contribution in [2.24, 2.45) is 0 Å². The van der Waals surface area contributed by atoms with E-state index in [4.69, 9.17) is 32.4 Å². The molecule has 124 valence electrons. The number of rotatable bonds is 4. The van der Waals surface area contributed by atoms with E-state index in [0.29, 0.717) is 33.4 Å². The molecule has 7 heteroatoms. The van der Waals surface area contributed by atoms with Crippen LogP contribution in [0.25, 0.3) is 11.1 Å². The van der Waals surface area contributed by atoms with Crippen molar-refractivity contribution < 1.29 is 13.9 Å². The van der Waals surface area contributed by atoms with Gasteiger partial charge in [-0.2, -0.15) is 0 Å². The van der Waals surface area contributed by atoms with E-state index in [9.17, 15) is 4.79 Å². The maximum absolute atomic E-state index is 12.3. The van der Waals surface area contributed by atoms with Gasteiger partial charge in [0, 0.05) is 12.6 Å². The van der Waals surface area contributed by atoms with Gasteiger partial charge in [0.25, 0.3) is 5.91 Å². The molecule has 1 N–H and O–H groups in total. The van der Waals surface area contributed by atoms with Crippen molar-refractivity contribution in [2.45, 2.75) is 20.0 Å². The van der Waals surface area contributed by atoms with Crippen LogP contribution < -0.4 is 10.1 Å². The van der Waals surface area contributed by atoms with Gasteiger partial charge in [-0.3, -0.25) is 4.79 Å². The van der Waals surface area contributed by atoms with Crippen LogP contribution in [0.2, 0.25) is 10.0 Å². The maximum Gasteiger partial charge on any atom is 0.265 e. The highest BCUT2D eigenvalue weighted by molar-refractivity contribution is 6.42. The number of nitrogens with zero attached hydrogens (tertiary/aromatic N) is 1. The monoisotopic (exact) mass is 364 g/mol. The first kappa shape index (κ1) is 16.6. The molecule has 3 aromatic rings. The number of carbonyl (C=O) groups is 1. The van der Waals surface area contributed by atoms with E-state index in [1.54, 1.807) is 50.2 Å². The van der Waals surface area contributed by atoms with Gasteiger partial charge in [-0.05, 0) is 37.3 Å². The van der Waals surface area contributed by atoms with Crippen LogP contribution in [0.4, 0.5) is 5.69 Å². The average molecular weight is 365 g/mol. The van der Waals surface area contributed by atoms with Crippen molar-refractivity contribution in [3.05, 3.63) is 52.3 Å². The number of aromatic nitrogens is 1. The first-order chi connectivity index (χ1) is 11.4. The number of aryl methyl sites for hydroxylation is 1. The topological polar surface area (TPSA) is 64.4 Å². The summed E-state index contributed by atoms with van der Waals surface area (Å²) >= 11 is 12.0. The van der Waals surface area contributed by atoms with E-state index in [0.717, 1.165) is 0 Å². The Hall–Kier alpha value is -2.24. The lowest BCUT2D eigenvalue weighted by atomic mass is 10.2. The van der Waals surface area contributed by atoms with E-state index in [1.165, 1.54) is 0 Å². The summed E-state index contributed by atoms with van der Waals surface area (Å²) in [5.74, 6) is 0.612. The molecular weight excluding hydrogens is 351 g/mol. The van der Waals surface area contributed by atoms with Gasteiger partial charge in [0.05, 0.1) is 5.02 Å². The summed E-state index contributed by atoms with van der Waals surface area (Å²) in [4.78, 5) is 16.5. The zero-order valence-corrected chi connectivity index (χ0v) is 14.5. The second-order valence-corrected chi connectivity index (χ2v) is 6.00. The molecule has 1 atom stereocenters. The predicted octanol–water partition coefficient (Wildman–Crippen LogP) is 4.85. The highest BCUT2D eigenvalue weighted by Crippen LogP contribution is 2.32. The third kappa shape index (κ3) is 3.47. The van der Waals surface area contributed by atoms with Gasteiger partial charge in [0.1, 0.15) is 16.3 Å². The summed E-state index contributed by atoms with van der Waals surface area (Å²) in [6.45, 7) is 3.40. The van der Waals surface area contributed by atoms with Crippen LogP contribution in [0.3, 0.4) is 0 Å². The number of fused-ring (bicyclic) bond motifs is 1. The summed E-state index contributed by atoms with van der Waals surface area (Å²) in [7, 11) is 0. The summed E-state index contributed by atoms with van der Waals surface area (Å²) in [6, 6.07) is 10.2. The van der Waals surface area contributed by atoms with E-state index in [2.05, 4.69) is 10.3 Å². The fourth-order valence-electron chi connectivity index (χ4n) is 2.18. The van der Waals surface area contributed by atoms with Gasteiger partial charge in [0.2, 0.25) is 0 Å². The summed E-state index contributed by atoms with van der Waals surface area (Å²) in [5, 5.41) is 3.42. The number of benzene rings is 2. The molecule has 24 heavy (non-hydrogen) atoms. The molecule has 0 aliphatic rings. The summed E-state index contributed by atoms with van der Waals surface area (Å²) in [5.41, 5.74) is 1.95. The average Bonchev–Trinajstić information content (AvgIpc) is 2.91. The van der Waals surface area contributed by atoms with Gasteiger partial charge < -0.3 is 14.5 Å². The van der Waals surface area contributed by atoms with Crippen molar-refractivity contribution in [1.29, 1.82) is 0 Å². The third-order valence-corrected chi connectivity index (χ3v) is 4.15. The molecule has 1 unspecified atom stereocenters. The number of anilines is 1. The molecule has 5 nitrogen and oxygen atoms in total. The maximum atomic E-state index is 12.3. The Morgan fingerprint density at radius 3 is 2.88 bits per heavy atom. The molecule has 0 radical (unpaired) electrons. The Kier molecular flexibility index (Phi) is 4.64. The van der Waals surface area contributed by atoms with Crippen molar-refractivity contribution in [3.63, 3.8) is 0 Å². The lowest BCUT2D eigenvalue weighted by Gasteiger charge is -2.16. The van der Waals surface area contributed by atoms with Crippen LogP contribution in [0.5, 0.6) is 5.75 Å².